The van der Waals surface area contributed by atoms with Crippen molar-refractivity contribution < 1.29 is 32.0 Å². The summed E-state index contributed by atoms with van der Waals surface area (Å²) in [4.78, 5) is 62.3. The molecule has 6 rings (SSSR count). The molecule has 0 aromatic carbocycles. The molecule has 13 nitrogen and oxygen atoms in total. The number of rotatable bonds is 20. The van der Waals surface area contributed by atoms with E-state index in [0.29, 0.717) is 70.1 Å². The highest BCUT2D eigenvalue weighted by Crippen LogP contribution is 2.24. The number of aromatic nitrogens is 4. The monoisotopic (exact) mass is 752 g/mol. The Bertz CT molecular complexity index is 2030. The Morgan fingerprint density at radius 2 is 0.981 bits per heavy atom. The van der Waals surface area contributed by atoms with Gasteiger partial charge in [0.1, 0.15) is 11.2 Å². The molecule has 0 aliphatic carbocycles. The van der Waals surface area contributed by atoms with Crippen molar-refractivity contribution in [2.24, 2.45) is 0 Å². The summed E-state index contributed by atoms with van der Waals surface area (Å²) in [5, 5.41) is 1.41. The van der Waals surface area contributed by atoms with E-state index < -0.39 is 29.8 Å². The van der Waals surface area contributed by atoms with Gasteiger partial charge in [0, 0.05) is 60.1 Å². The number of hydrogen-bond acceptors (Lipinski definition) is 13. The van der Waals surface area contributed by atoms with Crippen molar-refractivity contribution in [3.05, 3.63) is 107 Å². The normalized spacial score (nSPS) is 11.5. The van der Waals surface area contributed by atoms with Gasteiger partial charge in [0.2, 0.25) is 11.8 Å². The number of pyridine rings is 4. The van der Waals surface area contributed by atoms with E-state index in [9.17, 15) is 19.2 Å². The Balaban J connectivity index is 0.788. The van der Waals surface area contributed by atoms with Gasteiger partial charge < -0.3 is 32.0 Å². The summed E-state index contributed by atoms with van der Waals surface area (Å²) >= 11 is 0. The maximum atomic E-state index is 12.5. The van der Waals surface area contributed by atoms with Crippen LogP contribution in [0.3, 0.4) is 0 Å². The van der Waals surface area contributed by atoms with E-state index in [2.05, 4.69) is 19.9 Å². The van der Waals surface area contributed by atoms with Crippen LogP contribution in [0.25, 0.3) is 44.2 Å². The molecule has 0 unspecified atom stereocenters. The average Bonchev–Trinajstić information content (AvgIpc) is 3.17. The molecule has 0 aliphatic rings. The van der Waals surface area contributed by atoms with E-state index in [4.69, 9.17) is 22.4 Å². The van der Waals surface area contributed by atoms with E-state index in [0.717, 1.165) is 62.5 Å². The molecule has 15 heteroatoms. The second-order valence-electron chi connectivity index (χ2n) is 12.4. The van der Waals surface area contributed by atoms with Crippen LogP contribution in [0.2, 0.25) is 12.1 Å². The topological polar surface area (TPSA) is 180 Å². The number of nitrogens with zero attached hydrogens (tertiary/aromatic N) is 4. The van der Waals surface area contributed by atoms with Crippen molar-refractivity contribution in [1.29, 1.82) is 0 Å². The Labute approximate surface area is 309 Å². The molecule has 0 saturated carbocycles. The maximum absolute atomic E-state index is 12.5. The minimum absolute atomic E-state index is 0.393. The Hall–Kier alpha value is -5.07. The summed E-state index contributed by atoms with van der Waals surface area (Å²) < 4.78 is 28.1. The predicted molar refractivity (Wildman–Crippen MR) is 202 cm³/mol. The highest BCUT2D eigenvalue weighted by atomic mass is 28.4. The lowest BCUT2D eigenvalue weighted by Crippen LogP contribution is -2.29. The fourth-order valence-corrected chi connectivity index (χ4v) is 8.68. The van der Waals surface area contributed by atoms with Crippen molar-refractivity contribution in [3.8, 4) is 34.0 Å². The van der Waals surface area contributed by atoms with Crippen LogP contribution in [0.4, 0.5) is 0 Å². The lowest BCUT2D eigenvalue weighted by molar-refractivity contribution is 0.293. The van der Waals surface area contributed by atoms with Gasteiger partial charge >= 0.3 is 29.8 Å². The quantitative estimate of drug-likeness (QED) is 0.0650. The third kappa shape index (κ3) is 11.0. The molecule has 0 fully saturated rings. The Morgan fingerprint density at radius 3 is 1.42 bits per heavy atom. The molecule has 0 atom stereocenters. The second kappa shape index (κ2) is 19.1. The van der Waals surface area contributed by atoms with Crippen molar-refractivity contribution in [2.75, 3.05) is 13.2 Å². The molecule has 0 bridgehead atoms. The number of ether oxygens (including phenoxy) is 2. The zero-order valence-corrected chi connectivity index (χ0v) is 31.1. The van der Waals surface area contributed by atoms with Gasteiger partial charge in [-0.2, -0.15) is 0 Å². The van der Waals surface area contributed by atoms with Gasteiger partial charge in [-0.05, 0) is 72.5 Å². The fourth-order valence-electron chi connectivity index (χ4n) is 5.67. The molecule has 0 amide bonds. The summed E-state index contributed by atoms with van der Waals surface area (Å²) in [6, 6.07) is 14.9. The summed E-state index contributed by atoms with van der Waals surface area (Å²) in [5.41, 5.74) is 2.32. The second-order valence-corrected chi connectivity index (χ2v) is 15.8. The molecule has 6 aromatic heterocycles. The summed E-state index contributed by atoms with van der Waals surface area (Å²) in [7, 11) is -4.05. The van der Waals surface area contributed by atoms with Gasteiger partial charge in [0.05, 0.1) is 24.3 Å². The first-order chi connectivity index (χ1) is 25.9. The van der Waals surface area contributed by atoms with Gasteiger partial charge in [-0.15, -0.1) is 0 Å². The summed E-state index contributed by atoms with van der Waals surface area (Å²) in [5.74, 6) is 0.787. The van der Waals surface area contributed by atoms with Crippen molar-refractivity contribution in [2.45, 2.75) is 63.5 Å². The molecule has 0 saturated heterocycles. The molecule has 53 heavy (non-hydrogen) atoms. The minimum Gasteiger partial charge on any atom is -0.478 e. The van der Waals surface area contributed by atoms with Crippen LogP contribution >= 0.6 is 0 Å². The highest BCUT2D eigenvalue weighted by molar-refractivity contribution is 6.57. The Kier molecular flexibility index (Phi) is 13.6. The van der Waals surface area contributed by atoms with E-state index >= 15 is 0 Å². The first-order valence-corrected chi connectivity index (χ1v) is 20.8. The highest BCUT2D eigenvalue weighted by Gasteiger charge is 2.19. The number of hydrogen-bond donors (Lipinski definition) is 2. The molecule has 2 radical (unpaired) electrons. The van der Waals surface area contributed by atoms with E-state index in [1.165, 1.54) is 0 Å². The summed E-state index contributed by atoms with van der Waals surface area (Å²) in [6.07, 6.45) is 16.6. The fraction of sp³-hybridized carbons (Fsp3) is 0.316. The lowest BCUT2D eigenvalue weighted by Gasteiger charge is -2.12. The van der Waals surface area contributed by atoms with Crippen LogP contribution in [-0.2, 0) is 4.12 Å². The molecular formula is C38H40N4O9Si2. The molecule has 0 spiro atoms. The molecule has 6 aromatic rings. The molecule has 274 valence electrons. The predicted octanol–water partition coefficient (Wildman–Crippen LogP) is 6.37. The van der Waals surface area contributed by atoms with E-state index in [1.54, 1.807) is 85.7 Å². The standard InChI is InChI=1S/C38H40N4O9Si2/c43-37-31(27-9-13-39-14-10-27)21-29-25-41-35(23-33(29)49-37)47-17-5-1-3-7-19-52(45)51-53(46)20-8-4-2-6-18-48-36-24-34-30(26-42-36)22-32(38(44)50-34)28-11-15-40-16-12-28/h9-16,21-26,45-46H,1-8,17-20H2. The van der Waals surface area contributed by atoms with Gasteiger partial charge in [0.25, 0.3) is 0 Å². The van der Waals surface area contributed by atoms with Crippen LogP contribution in [0.15, 0.2) is 104 Å². The van der Waals surface area contributed by atoms with Crippen LogP contribution in [0, 0.1) is 0 Å². The molecule has 2 N–H and O–H groups in total. The molecule has 0 aliphatic heterocycles. The van der Waals surface area contributed by atoms with Crippen molar-refractivity contribution in [1.82, 2.24) is 19.9 Å². The lowest BCUT2D eigenvalue weighted by atomic mass is 10.1. The Morgan fingerprint density at radius 1 is 0.566 bits per heavy atom. The van der Waals surface area contributed by atoms with Crippen LogP contribution in [0.5, 0.6) is 11.8 Å². The van der Waals surface area contributed by atoms with Gasteiger partial charge in [-0.25, -0.2) is 19.6 Å². The van der Waals surface area contributed by atoms with Crippen LogP contribution in [-0.4, -0.2) is 61.3 Å². The smallest absolute Gasteiger partial charge is 0.372 e. The number of fused-ring (bicyclic) bond motifs is 2. The van der Waals surface area contributed by atoms with E-state index in [-0.39, 0.29) is 0 Å². The zero-order valence-electron chi connectivity index (χ0n) is 29.1. The number of unbranched alkanes of at least 4 members (excludes halogenated alkanes) is 6. The molecular weight excluding hydrogens is 713 g/mol. The van der Waals surface area contributed by atoms with Gasteiger partial charge in [0.15, 0.2) is 0 Å². The first-order valence-electron chi connectivity index (χ1n) is 17.6. The third-order valence-electron chi connectivity index (χ3n) is 8.47. The van der Waals surface area contributed by atoms with Crippen molar-refractivity contribution >= 4 is 40.5 Å². The molecule has 6 heterocycles. The van der Waals surface area contributed by atoms with Crippen LogP contribution in [0.1, 0.15) is 51.4 Å². The third-order valence-corrected chi connectivity index (χ3v) is 11.9. The zero-order chi connectivity index (χ0) is 36.8. The summed E-state index contributed by atoms with van der Waals surface area (Å²) in [6.45, 7) is 0.936. The van der Waals surface area contributed by atoms with Gasteiger partial charge in [-0.1, -0.05) is 38.5 Å². The maximum Gasteiger partial charge on any atom is 0.372 e. The van der Waals surface area contributed by atoms with Gasteiger partial charge in [-0.3, -0.25) is 9.97 Å². The average molecular weight is 753 g/mol. The first kappa shape index (κ1) is 37.7. The minimum atomic E-state index is -2.03. The largest absolute Gasteiger partial charge is 0.478 e. The van der Waals surface area contributed by atoms with Crippen LogP contribution < -0.4 is 20.7 Å². The van der Waals surface area contributed by atoms with Crippen molar-refractivity contribution in [3.63, 3.8) is 0 Å². The SMILES string of the molecule is O=c1oc2cc(OCCCCCC[Si](O)O[Si](O)CCCCCCOc3cc4oc(=O)c(-c5ccncc5)cc4cn3)ncc2cc1-c1ccncc1. The van der Waals surface area contributed by atoms with E-state index in [1.807, 2.05) is 0 Å².